The topological polar surface area (TPSA) is 26.0 Å². The zero-order valence-electron chi connectivity index (χ0n) is 10.4. The summed E-state index contributed by atoms with van der Waals surface area (Å²) in [4.78, 5) is 0. The Hall–Kier alpha value is -0.470. The first kappa shape index (κ1) is 13.6. The van der Waals surface area contributed by atoms with Crippen LogP contribution in [0.15, 0.2) is 30.3 Å². The van der Waals surface area contributed by atoms with Crippen LogP contribution in [0.4, 0.5) is 0 Å². The van der Waals surface area contributed by atoms with Crippen molar-refractivity contribution in [1.82, 2.24) is 0 Å². The van der Waals surface area contributed by atoms with E-state index >= 15 is 0 Å². The van der Waals surface area contributed by atoms with E-state index < -0.39 is 0 Å². The number of thioether (sulfide) groups is 1. The van der Waals surface area contributed by atoms with Gasteiger partial charge >= 0.3 is 0 Å². The molecule has 0 saturated heterocycles. The van der Waals surface area contributed by atoms with E-state index in [2.05, 4.69) is 38.1 Å². The Bertz CT molecular complexity index is 273. The Morgan fingerprint density at radius 3 is 2.44 bits per heavy atom. The van der Waals surface area contributed by atoms with Crippen molar-refractivity contribution in [3.05, 3.63) is 35.9 Å². The predicted octanol–water partition coefficient (Wildman–Crippen LogP) is 4.00. The minimum atomic E-state index is 0.174. The monoisotopic (exact) mass is 237 g/mol. The molecular formula is C14H23NS. The van der Waals surface area contributed by atoms with Crippen molar-refractivity contribution in [2.75, 3.05) is 5.75 Å². The normalized spacial score (nSPS) is 14.7. The van der Waals surface area contributed by atoms with Crippen molar-refractivity contribution in [3.8, 4) is 0 Å². The van der Waals surface area contributed by atoms with Crippen LogP contribution < -0.4 is 5.73 Å². The summed E-state index contributed by atoms with van der Waals surface area (Å²) in [5, 5.41) is 0.550. The molecule has 1 rings (SSSR count). The van der Waals surface area contributed by atoms with Crippen LogP contribution in [0.2, 0.25) is 0 Å². The van der Waals surface area contributed by atoms with Gasteiger partial charge in [-0.15, -0.1) is 0 Å². The lowest BCUT2D eigenvalue weighted by atomic mass is 10.0. The molecule has 0 fully saturated rings. The summed E-state index contributed by atoms with van der Waals surface area (Å²) in [5.74, 6) is 1.23. The molecule has 2 atom stereocenters. The number of hydrogen-bond acceptors (Lipinski definition) is 2. The third-order valence-electron chi connectivity index (χ3n) is 2.82. The molecule has 0 bridgehead atoms. The summed E-state index contributed by atoms with van der Waals surface area (Å²) in [6, 6.07) is 10.6. The molecule has 1 aromatic rings. The van der Waals surface area contributed by atoms with Crippen molar-refractivity contribution in [3.63, 3.8) is 0 Å². The molecule has 1 nitrogen and oxygen atoms in total. The third-order valence-corrected chi connectivity index (χ3v) is 4.40. The van der Waals surface area contributed by atoms with Gasteiger partial charge in [-0.05, 0) is 24.2 Å². The van der Waals surface area contributed by atoms with Crippen LogP contribution in [0.1, 0.15) is 44.7 Å². The van der Waals surface area contributed by atoms with Crippen molar-refractivity contribution in [2.24, 2.45) is 5.73 Å². The molecule has 0 radical (unpaired) electrons. The highest BCUT2D eigenvalue weighted by atomic mass is 32.2. The van der Waals surface area contributed by atoms with Gasteiger partial charge in [-0.2, -0.15) is 11.8 Å². The maximum absolute atomic E-state index is 6.31. The van der Waals surface area contributed by atoms with E-state index in [1.807, 2.05) is 17.8 Å². The minimum absolute atomic E-state index is 0.174. The first-order valence-corrected chi connectivity index (χ1v) is 7.26. The van der Waals surface area contributed by atoms with Crippen LogP contribution in [-0.4, -0.2) is 11.0 Å². The summed E-state index contributed by atoms with van der Waals surface area (Å²) in [5.41, 5.74) is 7.57. The Morgan fingerprint density at radius 1 is 1.19 bits per heavy atom. The summed E-state index contributed by atoms with van der Waals surface area (Å²) in [6.07, 6.45) is 3.71. The molecule has 0 saturated carbocycles. The van der Waals surface area contributed by atoms with Gasteiger partial charge in [-0.25, -0.2) is 0 Å². The van der Waals surface area contributed by atoms with Gasteiger partial charge in [0, 0.05) is 11.3 Å². The second-order valence-electron chi connectivity index (χ2n) is 4.11. The number of benzene rings is 1. The highest BCUT2D eigenvalue weighted by molar-refractivity contribution is 7.99. The lowest BCUT2D eigenvalue weighted by Crippen LogP contribution is -2.23. The van der Waals surface area contributed by atoms with E-state index in [0.717, 1.165) is 6.42 Å². The fourth-order valence-electron chi connectivity index (χ4n) is 1.74. The standard InChI is InChI=1S/C14H23NS/c1-3-5-11-16-13(4-2)14(15)12-9-7-6-8-10-12/h6-10,13-14H,3-5,11,15H2,1-2H3. The lowest BCUT2D eigenvalue weighted by molar-refractivity contribution is 0.655. The molecule has 0 aliphatic carbocycles. The van der Waals surface area contributed by atoms with Crippen molar-refractivity contribution < 1.29 is 0 Å². The van der Waals surface area contributed by atoms with Gasteiger partial charge < -0.3 is 5.73 Å². The van der Waals surface area contributed by atoms with Crippen LogP contribution in [-0.2, 0) is 0 Å². The Labute approximate surface area is 104 Å². The Morgan fingerprint density at radius 2 is 1.88 bits per heavy atom. The van der Waals surface area contributed by atoms with Crippen LogP contribution in [0.5, 0.6) is 0 Å². The SMILES string of the molecule is CCCCSC(CC)C(N)c1ccccc1. The number of rotatable bonds is 7. The van der Waals surface area contributed by atoms with Gasteiger partial charge in [0.1, 0.15) is 0 Å². The Balaban J connectivity index is 2.52. The molecule has 0 amide bonds. The zero-order valence-corrected chi connectivity index (χ0v) is 11.2. The van der Waals surface area contributed by atoms with Gasteiger partial charge in [0.25, 0.3) is 0 Å². The second-order valence-corrected chi connectivity index (χ2v) is 5.45. The molecular weight excluding hydrogens is 214 g/mol. The van der Waals surface area contributed by atoms with Crippen molar-refractivity contribution in [2.45, 2.75) is 44.4 Å². The van der Waals surface area contributed by atoms with Crippen molar-refractivity contribution in [1.29, 1.82) is 0 Å². The second kappa shape index (κ2) is 7.75. The van der Waals surface area contributed by atoms with Crippen LogP contribution in [0.3, 0.4) is 0 Å². The molecule has 0 spiro atoms. The molecule has 2 N–H and O–H groups in total. The van der Waals surface area contributed by atoms with E-state index in [9.17, 15) is 0 Å². The van der Waals surface area contributed by atoms with Crippen LogP contribution in [0.25, 0.3) is 0 Å². The van der Waals surface area contributed by atoms with E-state index in [4.69, 9.17) is 5.73 Å². The number of hydrogen-bond donors (Lipinski definition) is 1. The van der Waals surface area contributed by atoms with E-state index in [1.54, 1.807) is 0 Å². The van der Waals surface area contributed by atoms with Gasteiger partial charge in [0.2, 0.25) is 0 Å². The van der Waals surface area contributed by atoms with Crippen molar-refractivity contribution >= 4 is 11.8 Å². The van der Waals surface area contributed by atoms with Crippen LogP contribution >= 0.6 is 11.8 Å². The fourth-order valence-corrected chi connectivity index (χ4v) is 3.10. The largest absolute Gasteiger partial charge is 0.323 e. The molecule has 0 heterocycles. The average Bonchev–Trinajstić information content (AvgIpc) is 2.35. The highest BCUT2D eigenvalue weighted by Crippen LogP contribution is 2.27. The number of unbranched alkanes of at least 4 members (excludes halogenated alkanes) is 1. The maximum atomic E-state index is 6.31. The summed E-state index contributed by atoms with van der Waals surface area (Å²) in [7, 11) is 0. The summed E-state index contributed by atoms with van der Waals surface area (Å²) in [6.45, 7) is 4.46. The highest BCUT2D eigenvalue weighted by Gasteiger charge is 2.17. The molecule has 0 aromatic heterocycles. The molecule has 16 heavy (non-hydrogen) atoms. The lowest BCUT2D eigenvalue weighted by Gasteiger charge is -2.22. The van der Waals surface area contributed by atoms with Gasteiger partial charge in [-0.3, -0.25) is 0 Å². The zero-order chi connectivity index (χ0) is 11.8. The first-order valence-electron chi connectivity index (χ1n) is 6.21. The smallest absolute Gasteiger partial charge is 0.0415 e. The Kier molecular flexibility index (Phi) is 6.58. The summed E-state index contributed by atoms with van der Waals surface area (Å²) >= 11 is 2.02. The molecule has 1 aromatic carbocycles. The maximum Gasteiger partial charge on any atom is 0.0415 e. The molecule has 90 valence electrons. The van der Waals surface area contributed by atoms with E-state index in [-0.39, 0.29) is 6.04 Å². The molecule has 2 heteroatoms. The van der Waals surface area contributed by atoms with E-state index in [1.165, 1.54) is 24.2 Å². The van der Waals surface area contributed by atoms with Crippen LogP contribution in [0, 0.1) is 0 Å². The summed E-state index contributed by atoms with van der Waals surface area (Å²) < 4.78 is 0. The van der Waals surface area contributed by atoms with Gasteiger partial charge in [0.15, 0.2) is 0 Å². The predicted molar refractivity (Wildman–Crippen MR) is 74.8 cm³/mol. The third kappa shape index (κ3) is 4.18. The minimum Gasteiger partial charge on any atom is -0.323 e. The first-order chi connectivity index (χ1) is 7.79. The molecule has 0 aliphatic rings. The quantitative estimate of drug-likeness (QED) is 0.725. The van der Waals surface area contributed by atoms with Gasteiger partial charge in [-0.1, -0.05) is 50.6 Å². The molecule has 2 unspecified atom stereocenters. The van der Waals surface area contributed by atoms with E-state index in [0.29, 0.717) is 5.25 Å². The number of nitrogens with two attached hydrogens (primary N) is 1. The average molecular weight is 237 g/mol. The fraction of sp³-hybridized carbons (Fsp3) is 0.571. The van der Waals surface area contributed by atoms with Gasteiger partial charge in [0.05, 0.1) is 0 Å². The molecule has 0 aliphatic heterocycles.